The van der Waals surface area contributed by atoms with Crippen LogP contribution < -0.4 is 4.90 Å². The predicted octanol–water partition coefficient (Wildman–Crippen LogP) is 8.33. The Labute approximate surface area is 214 Å². The number of ether oxygens (including phenoxy) is 1. The zero-order chi connectivity index (χ0) is 25.7. The maximum absolute atomic E-state index is 11.2. The molecular formula is C33H33NO2. The van der Waals surface area contributed by atoms with Gasteiger partial charge in [0.15, 0.2) is 0 Å². The molecule has 0 atom stereocenters. The first-order valence-electron chi connectivity index (χ1n) is 12.3. The van der Waals surface area contributed by atoms with Gasteiger partial charge in [0.25, 0.3) is 0 Å². The fourth-order valence-electron chi connectivity index (χ4n) is 4.17. The molecule has 182 valence electrons. The highest BCUT2D eigenvalue weighted by Crippen LogP contribution is 2.37. The van der Waals surface area contributed by atoms with Gasteiger partial charge in [0.2, 0.25) is 0 Å². The van der Waals surface area contributed by atoms with Gasteiger partial charge in [0.1, 0.15) is 0 Å². The minimum Gasteiger partial charge on any atom is -0.462 e. The van der Waals surface area contributed by atoms with Gasteiger partial charge in [0.05, 0.1) is 6.61 Å². The molecule has 4 rings (SSSR count). The summed E-state index contributed by atoms with van der Waals surface area (Å²) in [5, 5.41) is 0. The maximum Gasteiger partial charge on any atom is 0.330 e. The van der Waals surface area contributed by atoms with E-state index >= 15 is 0 Å². The van der Waals surface area contributed by atoms with Crippen LogP contribution in [0.25, 0.3) is 11.1 Å². The van der Waals surface area contributed by atoms with E-state index in [2.05, 4.69) is 124 Å². The maximum atomic E-state index is 11.2. The van der Waals surface area contributed by atoms with Gasteiger partial charge in [-0.05, 0) is 103 Å². The molecule has 0 bridgehead atoms. The highest BCUT2D eigenvalue weighted by atomic mass is 16.5. The zero-order valence-corrected chi connectivity index (χ0v) is 21.5. The van der Waals surface area contributed by atoms with Crippen LogP contribution in [0.5, 0.6) is 0 Å². The number of rotatable bonds is 8. The lowest BCUT2D eigenvalue weighted by Crippen LogP contribution is -2.10. The lowest BCUT2D eigenvalue weighted by Gasteiger charge is -2.27. The molecule has 0 spiro atoms. The third-order valence-electron chi connectivity index (χ3n) is 6.71. The first kappa shape index (κ1) is 25.0. The molecule has 3 nitrogen and oxygen atoms in total. The highest BCUT2D eigenvalue weighted by molar-refractivity contribution is 5.81. The molecule has 0 aliphatic carbocycles. The van der Waals surface area contributed by atoms with Crippen molar-refractivity contribution < 1.29 is 9.53 Å². The van der Waals surface area contributed by atoms with Crippen molar-refractivity contribution in [3.05, 3.63) is 125 Å². The summed E-state index contributed by atoms with van der Waals surface area (Å²) in [5.41, 5.74) is 12.0. The Morgan fingerprint density at radius 1 is 0.694 bits per heavy atom. The van der Waals surface area contributed by atoms with Gasteiger partial charge in [-0.1, -0.05) is 55.1 Å². The molecular weight excluding hydrogens is 442 g/mol. The molecule has 0 aromatic heterocycles. The number of aryl methyl sites for hydroxylation is 4. The lowest BCUT2D eigenvalue weighted by atomic mass is 10.0. The van der Waals surface area contributed by atoms with Crippen molar-refractivity contribution in [1.82, 2.24) is 0 Å². The van der Waals surface area contributed by atoms with Crippen molar-refractivity contribution in [1.29, 1.82) is 0 Å². The molecule has 0 radical (unpaired) electrons. The molecule has 0 N–H and O–H groups in total. The number of benzene rings is 4. The van der Waals surface area contributed by atoms with Crippen LogP contribution in [-0.2, 0) is 16.0 Å². The van der Waals surface area contributed by atoms with E-state index in [4.69, 9.17) is 4.74 Å². The Morgan fingerprint density at radius 2 is 1.17 bits per heavy atom. The smallest absolute Gasteiger partial charge is 0.330 e. The van der Waals surface area contributed by atoms with Crippen molar-refractivity contribution in [2.75, 3.05) is 11.5 Å². The van der Waals surface area contributed by atoms with Gasteiger partial charge < -0.3 is 9.64 Å². The minimum absolute atomic E-state index is 0.353. The average Bonchev–Trinajstić information content (AvgIpc) is 2.89. The van der Waals surface area contributed by atoms with Crippen LogP contribution in [0.1, 0.15) is 27.8 Å². The Bertz CT molecular complexity index is 1320. The van der Waals surface area contributed by atoms with Gasteiger partial charge >= 0.3 is 5.97 Å². The average molecular weight is 476 g/mol. The fourth-order valence-corrected chi connectivity index (χ4v) is 4.17. The quantitative estimate of drug-likeness (QED) is 0.189. The summed E-state index contributed by atoms with van der Waals surface area (Å²) in [7, 11) is 0. The van der Waals surface area contributed by atoms with Crippen molar-refractivity contribution in [2.45, 2.75) is 34.1 Å². The van der Waals surface area contributed by atoms with Crippen LogP contribution in [0.4, 0.5) is 17.1 Å². The Hall–Kier alpha value is -4.11. The van der Waals surface area contributed by atoms with Crippen molar-refractivity contribution in [3.8, 4) is 11.1 Å². The number of carbonyl (C=O) groups is 1. The molecule has 4 aromatic rings. The summed E-state index contributed by atoms with van der Waals surface area (Å²) >= 11 is 0. The fraction of sp³-hybridized carbons (Fsp3) is 0.182. The Balaban J connectivity index is 1.60. The molecule has 36 heavy (non-hydrogen) atoms. The number of anilines is 3. The Morgan fingerprint density at radius 3 is 1.64 bits per heavy atom. The van der Waals surface area contributed by atoms with E-state index in [-0.39, 0.29) is 5.97 Å². The second-order valence-electron chi connectivity index (χ2n) is 9.24. The first-order chi connectivity index (χ1) is 17.4. The predicted molar refractivity (Wildman–Crippen MR) is 150 cm³/mol. The number of hydrogen-bond acceptors (Lipinski definition) is 3. The Kier molecular flexibility index (Phi) is 7.70. The zero-order valence-electron chi connectivity index (χ0n) is 21.5. The highest BCUT2D eigenvalue weighted by Gasteiger charge is 2.14. The van der Waals surface area contributed by atoms with E-state index in [1.807, 2.05) is 0 Å². The van der Waals surface area contributed by atoms with Crippen LogP contribution in [0.2, 0.25) is 0 Å². The molecule has 0 aliphatic heterocycles. The van der Waals surface area contributed by atoms with Crippen LogP contribution in [0.3, 0.4) is 0 Å². The van der Waals surface area contributed by atoms with Crippen LogP contribution in [0, 0.1) is 27.7 Å². The van der Waals surface area contributed by atoms with Crippen molar-refractivity contribution in [3.63, 3.8) is 0 Å². The summed E-state index contributed by atoms with van der Waals surface area (Å²) in [6.07, 6.45) is 1.87. The van der Waals surface area contributed by atoms with Gasteiger partial charge in [-0.3, -0.25) is 0 Å². The molecule has 0 amide bonds. The molecule has 4 aromatic carbocycles. The molecule has 0 heterocycles. The third kappa shape index (κ3) is 5.75. The monoisotopic (exact) mass is 475 g/mol. The summed E-state index contributed by atoms with van der Waals surface area (Å²) in [5.74, 6) is -0.387. The van der Waals surface area contributed by atoms with Crippen LogP contribution in [0.15, 0.2) is 97.6 Å². The van der Waals surface area contributed by atoms with Crippen molar-refractivity contribution in [2.24, 2.45) is 0 Å². The number of esters is 1. The SMILES string of the molecule is C=CC(=O)OCCc1ccc(-c2ccc(N(c3ccc(C)c(C)c3)c3ccc(C)c(C)c3)cc2)cc1. The largest absolute Gasteiger partial charge is 0.462 e. The second-order valence-corrected chi connectivity index (χ2v) is 9.24. The third-order valence-corrected chi connectivity index (χ3v) is 6.71. The molecule has 0 saturated heterocycles. The van der Waals surface area contributed by atoms with Crippen LogP contribution in [-0.4, -0.2) is 12.6 Å². The molecule has 0 saturated carbocycles. The summed E-state index contributed by atoms with van der Waals surface area (Å²) in [6, 6.07) is 30.4. The van der Waals surface area contributed by atoms with E-state index in [0.29, 0.717) is 13.0 Å². The van der Waals surface area contributed by atoms with E-state index in [1.54, 1.807) is 0 Å². The summed E-state index contributed by atoms with van der Waals surface area (Å²) < 4.78 is 5.08. The summed E-state index contributed by atoms with van der Waals surface area (Å²) in [4.78, 5) is 13.5. The van der Waals surface area contributed by atoms with Gasteiger partial charge in [-0.15, -0.1) is 0 Å². The standard InChI is InChI=1S/C33H33NO2/c1-6-33(35)36-20-19-27-9-11-28(12-10-27)29-13-17-30(18-14-29)34(31-15-7-23(2)25(4)21-31)32-16-8-24(3)26(5)22-32/h6-18,21-22H,1,19-20H2,2-5H3. The van der Waals surface area contributed by atoms with E-state index in [0.717, 1.165) is 33.8 Å². The number of carbonyl (C=O) groups excluding carboxylic acids is 1. The molecule has 0 unspecified atom stereocenters. The van der Waals surface area contributed by atoms with Gasteiger partial charge in [0, 0.05) is 29.6 Å². The molecule has 0 fully saturated rings. The molecule has 0 aliphatic rings. The van der Waals surface area contributed by atoms with E-state index in [9.17, 15) is 4.79 Å². The topological polar surface area (TPSA) is 29.5 Å². The van der Waals surface area contributed by atoms with Crippen LogP contribution >= 0.6 is 0 Å². The first-order valence-corrected chi connectivity index (χ1v) is 12.3. The van der Waals surface area contributed by atoms with E-state index in [1.165, 1.54) is 28.3 Å². The normalized spacial score (nSPS) is 10.7. The minimum atomic E-state index is -0.387. The lowest BCUT2D eigenvalue weighted by molar-refractivity contribution is -0.137. The van der Waals surface area contributed by atoms with E-state index < -0.39 is 0 Å². The number of hydrogen-bond donors (Lipinski definition) is 0. The van der Waals surface area contributed by atoms with Gasteiger partial charge in [-0.25, -0.2) is 4.79 Å². The van der Waals surface area contributed by atoms with Crippen molar-refractivity contribution >= 4 is 23.0 Å². The summed E-state index contributed by atoms with van der Waals surface area (Å²) in [6.45, 7) is 12.4. The molecule has 3 heteroatoms. The number of nitrogens with zero attached hydrogens (tertiary/aromatic N) is 1. The van der Waals surface area contributed by atoms with Gasteiger partial charge in [-0.2, -0.15) is 0 Å². The second kappa shape index (κ2) is 11.1.